The Bertz CT molecular complexity index is 792. The molecule has 0 aliphatic carbocycles. The predicted molar refractivity (Wildman–Crippen MR) is 82.6 cm³/mol. The van der Waals surface area contributed by atoms with Crippen LogP contribution in [-0.4, -0.2) is 35.3 Å². The number of carbonyl (C=O) groups excluding carboxylic acids is 1. The highest BCUT2D eigenvalue weighted by Gasteiger charge is 2.14. The molecule has 0 radical (unpaired) electrons. The number of hydrogen-bond donors (Lipinski definition) is 2. The fraction of sp³-hybridized carbons (Fsp3) is 0.286. The Kier molecular flexibility index (Phi) is 5.06. The van der Waals surface area contributed by atoms with Crippen molar-refractivity contribution in [3.63, 3.8) is 0 Å². The molecule has 23 heavy (non-hydrogen) atoms. The topological polar surface area (TPSA) is 129 Å². The van der Waals surface area contributed by atoms with Crippen LogP contribution in [0.25, 0.3) is 21.3 Å². The summed E-state index contributed by atoms with van der Waals surface area (Å²) in [5.74, 6) is -0.0917. The molecule has 0 saturated carbocycles. The summed E-state index contributed by atoms with van der Waals surface area (Å²) in [5.41, 5.74) is 9.50. The average molecular weight is 317 g/mol. The minimum atomic E-state index is -1.08. The number of carbonyl (C=O) groups is 2. The minimum absolute atomic E-state index is 0.280. The molecule has 2 amide bonds. The molecule has 0 bridgehead atoms. The van der Waals surface area contributed by atoms with Crippen LogP contribution in [0.2, 0.25) is 0 Å². The SMILES string of the molecule is COc1ccc2c(c1)c(C(=O)N=[N+]=[N-])cn2CCCNC(=O)O. The number of benzene rings is 1. The lowest BCUT2D eigenvalue weighted by molar-refractivity contribution is 0.100. The van der Waals surface area contributed by atoms with Crippen molar-refractivity contribution in [2.24, 2.45) is 5.11 Å². The van der Waals surface area contributed by atoms with Gasteiger partial charge in [0.15, 0.2) is 0 Å². The maximum absolute atomic E-state index is 11.9. The van der Waals surface area contributed by atoms with Gasteiger partial charge in [0, 0.05) is 35.1 Å². The number of amides is 2. The fourth-order valence-corrected chi connectivity index (χ4v) is 2.30. The first-order valence-electron chi connectivity index (χ1n) is 6.80. The van der Waals surface area contributed by atoms with E-state index >= 15 is 0 Å². The Morgan fingerprint density at radius 3 is 2.91 bits per heavy atom. The van der Waals surface area contributed by atoms with Crippen LogP contribution in [0.15, 0.2) is 29.5 Å². The van der Waals surface area contributed by atoms with Crippen molar-refractivity contribution in [3.8, 4) is 5.75 Å². The number of methoxy groups -OCH3 is 1. The number of carboxylic acid groups (broad SMARTS) is 1. The van der Waals surface area contributed by atoms with Gasteiger partial charge in [-0.2, -0.15) is 0 Å². The summed E-state index contributed by atoms with van der Waals surface area (Å²) in [7, 11) is 1.52. The van der Waals surface area contributed by atoms with Crippen LogP contribution in [0.3, 0.4) is 0 Å². The molecule has 9 heteroatoms. The quantitative estimate of drug-likeness (QED) is 0.367. The summed E-state index contributed by atoms with van der Waals surface area (Å²) in [6, 6.07) is 5.25. The Morgan fingerprint density at radius 2 is 2.26 bits per heavy atom. The Labute approximate surface area is 131 Å². The highest BCUT2D eigenvalue weighted by atomic mass is 16.5. The van der Waals surface area contributed by atoms with Crippen molar-refractivity contribution >= 4 is 22.9 Å². The molecule has 0 spiro atoms. The van der Waals surface area contributed by atoms with Crippen LogP contribution in [0.5, 0.6) is 5.75 Å². The smallest absolute Gasteiger partial charge is 0.404 e. The zero-order valence-electron chi connectivity index (χ0n) is 12.4. The Balaban J connectivity index is 2.35. The summed E-state index contributed by atoms with van der Waals surface area (Å²) in [6.07, 6.45) is 1.07. The zero-order valence-corrected chi connectivity index (χ0v) is 12.4. The molecular weight excluding hydrogens is 302 g/mol. The van der Waals surface area contributed by atoms with Crippen molar-refractivity contribution in [1.29, 1.82) is 0 Å². The first kappa shape index (κ1) is 16.2. The number of nitrogens with zero attached hydrogens (tertiary/aromatic N) is 4. The molecule has 1 aromatic carbocycles. The lowest BCUT2D eigenvalue weighted by Gasteiger charge is -2.06. The molecule has 0 aliphatic heterocycles. The van der Waals surface area contributed by atoms with E-state index < -0.39 is 12.0 Å². The highest BCUT2D eigenvalue weighted by Crippen LogP contribution is 2.27. The molecule has 0 atom stereocenters. The van der Waals surface area contributed by atoms with Crippen molar-refractivity contribution < 1.29 is 19.4 Å². The van der Waals surface area contributed by atoms with Gasteiger partial charge in [-0.3, -0.25) is 4.79 Å². The van der Waals surface area contributed by atoms with E-state index in [1.807, 2.05) is 4.57 Å². The highest BCUT2D eigenvalue weighted by molar-refractivity contribution is 6.07. The molecule has 2 N–H and O–H groups in total. The molecule has 120 valence electrons. The number of rotatable bonds is 6. The zero-order chi connectivity index (χ0) is 16.8. The third-order valence-corrected chi connectivity index (χ3v) is 3.31. The standard InChI is InChI=1S/C14H15N5O4/c1-23-9-3-4-12-10(7-9)11(13(20)17-18-15)8-19(12)6-2-5-16-14(21)22/h3-4,7-8,16H,2,5-6H2,1H3,(H,21,22). The minimum Gasteiger partial charge on any atom is -0.497 e. The number of aryl methyl sites for hydroxylation is 1. The van der Waals surface area contributed by atoms with Crippen LogP contribution in [0.1, 0.15) is 16.8 Å². The van der Waals surface area contributed by atoms with Gasteiger partial charge >= 0.3 is 6.09 Å². The van der Waals surface area contributed by atoms with Crippen molar-refractivity contribution in [1.82, 2.24) is 9.88 Å². The van der Waals surface area contributed by atoms with Crippen molar-refractivity contribution in [3.05, 3.63) is 40.4 Å². The van der Waals surface area contributed by atoms with Crippen LogP contribution >= 0.6 is 0 Å². The molecule has 0 saturated heterocycles. The molecule has 9 nitrogen and oxygen atoms in total. The second-order valence-corrected chi connectivity index (χ2v) is 4.70. The largest absolute Gasteiger partial charge is 0.497 e. The van der Waals surface area contributed by atoms with Crippen LogP contribution < -0.4 is 10.1 Å². The van der Waals surface area contributed by atoms with Gasteiger partial charge in [0.2, 0.25) is 0 Å². The number of fused-ring (bicyclic) bond motifs is 1. The molecular formula is C14H15N5O4. The molecule has 1 heterocycles. The average Bonchev–Trinajstić information content (AvgIpc) is 2.89. The monoisotopic (exact) mass is 317 g/mol. The number of hydrogen-bond acceptors (Lipinski definition) is 3. The summed E-state index contributed by atoms with van der Waals surface area (Å²) in [6.45, 7) is 0.803. The molecule has 2 rings (SSSR count). The van der Waals surface area contributed by atoms with E-state index in [9.17, 15) is 9.59 Å². The van der Waals surface area contributed by atoms with Gasteiger partial charge in [0.05, 0.1) is 12.7 Å². The maximum Gasteiger partial charge on any atom is 0.404 e. The molecule has 0 unspecified atom stereocenters. The lowest BCUT2D eigenvalue weighted by atomic mass is 10.1. The second-order valence-electron chi connectivity index (χ2n) is 4.70. The molecule has 2 aromatic rings. The summed E-state index contributed by atoms with van der Waals surface area (Å²) >= 11 is 0. The van der Waals surface area contributed by atoms with Gasteiger partial charge in [-0.25, -0.2) is 4.79 Å². The van der Waals surface area contributed by atoms with Gasteiger partial charge in [0.25, 0.3) is 5.91 Å². The first-order valence-corrected chi connectivity index (χ1v) is 6.80. The summed E-state index contributed by atoms with van der Waals surface area (Å²) in [4.78, 5) is 24.9. The normalized spacial score (nSPS) is 10.1. The predicted octanol–water partition coefficient (Wildman–Crippen LogP) is 2.76. The Morgan fingerprint density at radius 1 is 1.48 bits per heavy atom. The molecule has 1 aromatic heterocycles. The lowest BCUT2D eigenvalue weighted by Crippen LogP contribution is -2.22. The van der Waals surface area contributed by atoms with E-state index in [0.717, 1.165) is 5.52 Å². The summed E-state index contributed by atoms with van der Waals surface area (Å²) in [5, 5.41) is 14.6. The van der Waals surface area contributed by atoms with Gasteiger partial charge in [-0.05, 0) is 35.3 Å². The van der Waals surface area contributed by atoms with Gasteiger partial charge in [0.1, 0.15) is 5.75 Å². The molecule has 0 fully saturated rings. The van der Waals surface area contributed by atoms with E-state index in [0.29, 0.717) is 30.6 Å². The van der Waals surface area contributed by atoms with Crippen molar-refractivity contribution in [2.45, 2.75) is 13.0 Å². The first-order chi connectivity index (χ1) is 11.1. The third kappa shape index (κ3) is 3.72. The van der Waals surface area contributed by atoms with E-state index in [-0.39, 0.29) is 5.56 Å². The van der Waals surface area contributed by atoms with Gasteiger partial charge in [-0.15, -0.1) is 0 Å². The number of azide groups is 1. The van der Waals surface area contributed by atoms with Crippen LogP contribution in [0.4, 0.5) is 4.79 Å². The van der Waals surface area contributed by atoms with E-state index in [1.165, 1.54) is 7.11 Å². The second kappa shape index (κ2) is 7.19. The number of ether oxygens (including phenoxy) is 1. The number of nitrogens with one attached hydrogen (secondary N) is 1. The third-order valence-electron chi connectivity index (χ3n) is 3.31. The Hall–Kier alpha value is -3.19. The maximum atomic E-state index is 11.9. The number of aromatic nitrogens is 1. The van der Waals surface area contributed by atoms with E-state index in [1.54, 1.807) is 24.4 Å². The summed E-state index contributed by atoms with van der Waals surface area (Å²) < 4.78 is 6.97. The van der Waals surface area contributed by atoms with Gasteiger partial charge in [-0.1, -0.05) is 0 Å². The van der Waals surface area contributed by atoms with E-state index in [2.05, 4.69) is 15.3 Å². The van der Waals surface area contributed by atoms with E-state index in [4.69, 9.17) is 15.4 Å². The van der Waals surface area contributed by atoms with Crippen LogP contribution in [0, 0.1) is 0 Å². The van der Waals surface area contributed by atoms with Crippen LogP contribution in [-0.2, 0) is 6.54 Å². The van der Waals surface area contributed by atoms with Crippen molar-refractivity contribution in [2.75, 3.05) is 13.7 Å². The van der Waals surface area contributed by atoms with Gasteiger partial charge < -0.3 is 19.7 Å². The molecule has 0 aliphatic rings. The fourth-order valence-electron chi connectivity index (χ4n) is 2.30.